The van der Waals surface area contributed by atoms with Gasteiger partial charge in [0.1, 0.15) is 5.76 Å². The van der Waals surface area contributed by atoms with E-state index in [-0.39, 0.29) is 0 Å². The molecule has 2 heterocycles. The second kappa shape index (κ2) is 4.76. The van der Waals surface area contributed by atoms with Gasteiger partial charge in [-0.3, -0.25) is 0 Å². The Morgan fingerprint density at radius 1 is 1.26 bits per heavy atom. The topological polar surface area (TPSA) is 66.7 Å². The van der Waals surface area contributed by atoms with Crippen LogP contribution >= 0.6 is 0 Å². The molecule has 5 nitrogen and oxygen atoms in total. The number of fused-ring (bicyclic) bond motifs is 1. The molecule has 98 valence electrons. The molecule has 0 aliphatic rings. The summed E-state index contributed by atoms with van der Waals surface area (Å²) in [7, 11) is 0. The van der Waals surface area contributed by atoms with Crippen molar-refractivity contribution in [1.29, 1.82) is 0 Å². The average Bonchev–Trinajstić information content (AvgIpc) is 2.95. The Kier molecular flexibility index (Phi) is 2.95. The number of nitrogens with zero attached hydrogens (tertiary/aromatic N) is 2. The predicted molar refractivity (Wildman–Crippen MR) is 74.3 cm³/mol. The molecule has 0 fully saturated rings. The molecular weight excluding hydrogens is 240 g/mol. The van der Waals surface area contributed by atoms with E-state index >= 15 is 0 Å². The number of H-pyrrole nitrogens is 1. The summed E-state index contributed by atoms with van der Waals surface area (Å²) in [4.78, 5) is 7.71. The molecule has 3 aromatic rings. The number of para-hydroxylation sites is 2. The molecule has 2 aromatic heterocycles. The van der Waals surface area contributed by atoms with Gasteiger partial charge in [-0.05, 0) is 32.4 Å². The first-order valence-electron chi connectivity index (χ1n) is 6.34. The molecule has 0 amide bonds. The van der Waals surface area contributed by atoms with E-state index in [0.717, 1.165) is 41.4 Å². The van der Waals surface area contributed by atoms with Crippen molar-refractivity contribution >= 4 is 17.0 Å². The highest BCUT2D eigenvalue weighted by atomic mass is 16.5. The molecule has 0 radical (unpaired) electrons. The van der Waals surface area contributed by atoms with Gasteiger partial charge in [-0.2, -0.15) is 0 Å². The van der Waals surface area contributed by atoms with Gasteiger partial charge in [-0.15, -0.1) is 0 Å². The van der Waals surface area contributed by atoms with E-state index in [1.165, 1.54) is 5.56 Å². The number of anilines is 1. The smallest absolute Gasteiger partial charge is 0.201 e. The van der Waals surface area contributed by atoms with Crippen molar-refractivity contribution in [3.05, 3.63) is 41.3 Å². The molecule has 0 saturated heterocycles. The average molecular weight is 256 g/mol. The molecule has 2 N–H and O–H groups in total. The summed E-state index contributed by atoms with van der Waals surface area (Å²) >= 11 is 0. The van der Waals surface area contributed by atoms with Crippen LogP contribution in [0.2, 0.25) is 0 Å². The largest absolute Gasteiger partial charge is 0.361 e. The lowest BCUT2D eigenvalue weighted by atomic mass is 10.1. The van der Waals surface area contributed by atoms with Crippen LogP contribution in [0, 0.1) is 13.8 Å². The summed E-state index contributed by atoms with van der Waals surface area (Å²) in [6, 6.07) is 7.98. The third-order valence-corrected chi connectivity index (χ3v) is 3.24. The Labute approximate surface area is 111 Å². The Hall–Kier alpha value is -2.30. The van der Waals surface area contributed by atoms with Crippen LogP contribution in [-0.2, 0) is 6.42 Å². The molecule has 0 aliphatic carbocycles. The zero-order valence-electron chi connectivity index (χ0n) is 11.0. The second-order valence-corrected chi connectivity index (χ2v) is 4.58. The van der Waals surface area contributed by atoms with E-state index < -0.39 is 0 Å². The van der Waals surface area contributed by atoms with Crippen LogP contribution in [0.15, 0.2) is 28.8 Å². The zero-order valence-corrected chi connectivity index (χ0v) is 11.0. The van der Waals surface area contributed by atoms with Gasteiger partial charge in [-0.1, -0.05) is 17.3 Å². The molecule has 1 aromatic carbocycles. The first-order chi connectivity index (χ1) is 9.24. The van der Waals surface area contributed by atoms with Crippen molar-refractivity contribution in [3.63, 3.8) is 0 Å². The van der Waals surface area contributed by atoms with Crippen molar-refractivity contribution in [2.24, 2.45) is 0 Å². The maximum absolute atomic E-state index is 5.14. The highest BCUT2D eigenvalue weighted by Crippen LogP contribution is 2.15. The van der Waals surface area contributed by atoms with Crippen molar-refractivity contribution in [3.8, 4) is 0 Å². The lowest BCUT2D eigenvalue weighted by molar-refractivity contribution is 0.392. The predicted octanol–water partition coefficient (Wildman–Crippen LogP) is 2.82. The number of rotatable bonds is 4. The van der Waals surface area contributed by atoms with Crippen molar-refractivity contribution in [2.45, 2.75) is 20.3 Å². The third kappa shape index (κ3) is 2.31. The van der Waals surface area contributed by atoms with Crippen LogP contribution in [0.25, 0.3) is 11.0 Å². The number of aromatic nitrogens is 3. The van der Waals surface area contributed by atoms with Crippen molar-refractivity contribution in [1.82, 2.24) is 15.1 Å². The van der Waals surface area contributed by atoms with Crippen LogP contribution in [0.4, 0.5) is 5.95 Å². The molecular formula is C14H16N4O. The second-order valence-electron chi connectivity index (χ2n) is 4.58. The Balaban J connectivity index is 1.66. The number of aryl methyl sites for hydroxylation is 2. The lowest BCUT2D eigenvalue weighted by Gasteiger charge is -2.02. The fourth-order valence-electron chi connectivity index (χ4n) is 2.20. The van der Waals surface area contributed by atoms with E-state index in [9.17, 15) is 0 Å². The molecule has 0 atom stereocenters. The van der Waals surface area contributed by atoms with Gasteiger partial charge in [0.2, 0.25) is 5.95 Å². The molecule has 5 heteroatoms. The number of hydrogen-bond acceptors (Lipinski definition) is 4. The van der Waals surface area contributed by atoms with E-state index in [4.69, 9.17) is 4.52 Å². The SMILES string of the molecule is Cc1noc(C)c1CCNc1nc2ccccc2[nH]1. The highest BCUT2D eigenvalue weighted by molar-refractivity contribution is 5.77. The van der Waals surface area contributed by atoms with Gasteiger partial charge in [0, 0.05) is 12.1 Å². The van der Waals surface area contributed by atoms with E-state index in [1.807, 2.05) is 38.1 Å². The maximum Gasteiger partial charge on any atom is 0.201 e. The molecule has 0 saturated carbocycles. The fraction of sp³-hybridized carbons (Fsp3) is 0.286. The summed E-state index contributed by atoms with van der Waals surface area (Å²) in [5, 5.41) is 7.24. The monoisotopic (exact) mass is 256 g/mol. The van der Waals surface area contributed by atoms with E-state index in [2.05, 4.69) is 20.4 Å². The van der Waals surface area contributed by atoms with Gasteiger partial charge < -0.3 is 14.8 Å². The maximum atomic E-state index is 5.14. The van der Waals surface area contributed by atoms with Gasteiger partial charge in [-0.25, -0.2) is 4.98 Å². The van der Waals surface area contributed by atoms with Crippen molar-refractivity contribution < 1.29 is 4.52 Å². The Morgan fingerprint density at radius 3 is 2.84 bits per heavy atom. The minimum atomic E-state index is 0.794. The summed E-state index contributed by atoms with van der Waals surface area (Å²) in [6.45, 7) is 4.70. The zero-order chi connectivity index (χ0) is 13.2. The van der Waals surface area contributed by atoms with E-state index in [1.54, 1.807) is 0 Å². The molecule has 0 spiro atoms. The first-order valence-corrected chi connectivity index (χ1v) is 6.34. The number of hydrogen-bond donors (Lipinski definition) is 2. The summed E-state index contributed by atoms with van der Waals surface area (Å²) in [5.41, 5.74) is 4.15. The number of aromatic amines is 1. The molecule has 0 aliphatic heterocycles. The van der Waals surface area contributed by atoms with Crippen LogP contribution in [-0.4, -0.2) is 21.7 Å². The number of benzene rings is 1. The number of imidazole rings is 1. The van der Waals surface area contributed by atoms with Crippen LogP contribution in [0.5, 0.6) is 0 Å². The fourth-order valence-corrected chi connectivity index (χ4v) is 2.20. The summed E-state index contributed by atoms with van der Waals surface area (Å²) in [5.74, 6) is 1.69. The van der Waals surface area contributed by atoms with Crippen LogP contribution in [0.3, 0.4) is 0 Å². The lowest BCUT2D eigenvalue weighted by Crippen LogP contribution is -2.07. The Morgan fingerprint density at radius 2 is 2.11 bits per heavy atom. The third-order valence-electron chi connectivity index (χ3n) is 3.24. The minimum Gasteiger partial charge on any atom is -0.361 e. The Bertz CT molecular complexity index is 646. The normalized spacial score (nSPS) is 11.1. The molecule has 3 rings (SSSR count). The number of nitrogens with one attached hydrogen (secondary N) is 2. The van der Waals surface area contributed by atoms with E-state index in [0.29, 0.717) is 0 Å². The van der Waals surface area contributed by atoms with Crippen molar-refractivity contribution in [2.75, 3.05) is 11.9 Å². The standard InChI is InChI=1S/C14H16N4O/c1-9-11(10(2)19-18-9)7-8-15-14-16-12-5-3-4-6-13(12)17-14/h3-6H,7-8H2,1-2H3,(H2,15,16,17). The first kappa shape index (κ1) is 11.8. The summed E-state index contributed by atoms with van der Waals surface area (Å²) in [6.07, 6.45) is 0.873. The van der Waals surface area contributed by atoms with Gasteiger partial charge in [0.05, 0.1) is 16.7 Å². The van der Waals surface area contributed by atoms with Crippen LogP contribution < -0.4 is 5.32 Å². The van der Waals surface area contributed by atoms with Gasteiger partial charge in [0.25, 0.3) is 0 Å². The molecule has 0 unspecified atom stereocenters. The molecule has 19 heavy (non-hydrogen) atoms. The van der Waals surface area contributed by atoms with Gasteiger partial charge >= 0.3 is 0 Å². The minimum absolute atomic E-state index is 0.794. The quantitative estimate of drug-likeness (QED) is 0.753. The molecule has 0 bridgehead atoms. The van der Waals surface area contributed by atoms with Crippen LogP contribution in [0.1, 0.15) is 17.0 Å². The van der Waals surface area contributed by atoms with Gasteiger partial charge in [0.15, 0.2) is 0 Å². The summed E-state index contributed by atoms with van der Waals surface area (Å²) < 4.78 is 5.14. The highest BCUT2D eigenvalue weighted by Gasteiger charge is 2.08.